The quantitative estimate of drug-likeness (QED) is 0.286. The Morgan fingerprint density at radius 3 is 2.00 bits per heavy atom. The van der Waals surface area contributed by atoms with E-state index in [2.05, 4.69) is 86.6 Å². The molecule has 0 spiro atoms. The lowest BCUT2D eigenvalue weighted by atomic mass is 9.87. The van der Waals surface area contributed by atoms with Crippen molar-refractivity contribution in [2.24, 2.45) is 0 Å². The van der Waals surface area contributed by atoms with Crippen molar-refractivity contribution in [3.8, 4) is 22.3 Å². The monoisotopic (exact) mass is 425 g/mol. The van der Waals surface area contributed by atoms with Gasteiger partial charge in [-0.1, -0.05) is 90.0 Å². The van der Waals surface area contributed by atoms with E-state index < -0.39 is 0 Å². The fraction of sp³-hybridized carbons (Fsp3) is 0.0645. The van der Waals surface area contributed by atoms with Crippen molar-refractivity contribution in [2.45, 2.75) is 13.8 Å². The number of nitrogens with zero attached hydrogens (tertiary/aromatic N) is 1. The first-order valence-corrected chi connectivity index (χ1v) is 11.2. The van der Waals surface area contributed by atoms with E-state index in [1.807, 2.05) is 35.2 Å². The van der Waals surface area contributed by atoms with Crippen LogP contribution in [-0.4, -0.2) is 5.91 Å². The van der Waals surface area contributed by atoms with Crippen molar-refractivity contribution in [3.63, 3.8) is 0 Å². The summed E-state index contributed by atoms with van der Waals surface area (Å²) in [5.74, 6) is 0.0251. The molecule has 2 heteroatoms. The molecule has 0 unspecified atom stereocenters. The van der Waals surface area contributed by atoms with Gasteiger partial charge in [0.05, 0.1) is 11.3 Å². The number of hydrogen-bond donors (Lipinski definition) is 0. The second-order valence-electron chi connectivity index (χ2n) is 8.76. The normalized spacial score (nSPS) is 12.5. The molecule has 33 heavy (non-hydrogen) atoms. The van der Waals surface area contributed by atoms with Gasteiger partial charge in [0.2, 0.25) is 0 Å². The van der Waals surface area contributed by atoms with Crippen LogP contribution in [0.3, 0.4) is 0 Å². The van der Waals surface area contributed by atoms with Gasteiger partial charge in [-0.15, -0.1) is 0 Å². The molecule has 0 fully saturated rings. The number of aryl methyl sites for hydroxylation is 2. The second-order valence-corrected chi connectivity index (χ2v) is 8.76. The van der Waals surface area contributed by atoms with E-state index in [0.717, 1.165) is 38.8 Å². The van der Waals surface area contributed by atoms with Crippen LogP contribution in [0.2, 0.25) is 0 Å². The van der Waals surface area contributed by atoms with Gasteiger partial charge in [-0.3, -0.25) is 9.69 Å². The van der Waals surface area contributed by atoms with Crippen LogP contribution in [0.1, 0.15) is 21.5 Å². The fourth-order valence-corrected chi connectivity index (χ4v) is 5.04. The summed E-state index contributed by atoms with van der Waals surface area (Å²) < 4.78 is 0. The molecule has 158 valence electrons. The zero-order valence-corrected chi connectivity index (χ0v) is 18.7. The second kappa shape index (κ2) is 7.46. The van der Waals surface area contributed by atoms with Gasteiger partial charge < -0.3 is 0 Å². The summed E-state index contributed by atoms with van der Waals surface area (Å²) in [6, 6.07) is 35.4. The molecule has 0 saturated heterocycles. The molecule has 0 saturated carbocycles. The van der Waals surface area contributed by atoms with Crippen LogP contribution in [0.15, 0.2) is 103 Å². The Bertz CT molecular complexity index is 1550. The first kappa shape index (κ1) is 19.5. The summed E-state index contributed by atoms with van der Waals surface area (Å²) in [5.41, 5.74) is 9.57. The SMILES string of the molecule is Cc1cccc(-c2cc3c4c(cccc4c2-c2cccc(C)c2)N(c2ccccc2)C3=O)c1. The maximum Gasteiger partial charge on any atom is 0.263 e. The van der Waals surface area contributed by atoms with Crippen molar-refractivity contribution >= 4 is 28.1 Å². The highest BCUT2D eigenvalue weighted by Gasteiger charge is 2.33. The summed E-state index contributed by atoms with van der Waals surface area (Å²) in [5, 5.41) is 2.14. The molecule has 0 aliphatic carbocycles. The van der Waals surface area contributed by atoms with E-state index in [4.69, 9.17) is 0 Å². The van der Waals surface area contributed by atoms with Gasteiger partial charge in [0.1, 0.15) is 0 Å². The largest absolute Gasteiger partial charge is 0.276 e. The lowest BCUT2D eigenvalue weighted by molar-refractivity contribution is 0.100. The van der Waals surface area contributed by atoms with Gasteiger partial charge in [-0.05, 0) is 65.8 Å². The third-order valence-corrected chi connectivity index (χ3v) is 6.46. The van der Waals surface area contributed by atoms with E-state index in [1.165, 1.54) is 22.3 Å². The molecule has 1 amide bonds. The highest BCUT2D eigenvalue weighted by Crippen LogP contribution is 2.48. The minimum Gasteiger partial charge on any atom is -0.276 e. The topological polar surface area (TPSA) is 20.3 Å². The van der Waals surface area contributed by atoms with Crippen molar-refractivity contribution in [1.82, 2.24) is 0 Å². The average Bonchev–Trinajstić information content (AvgIpc) is 3.12. The smallest absolute Gasteiger partial charge is 0.263 e. The Morgan fingerprint density at radius 2 is 1.27 bits per heavy atom. The lowest BCUT2D eigenvalue weighted by Gasteiger charge is -2.17. The number of amides is 1. The summed E-state index contributed by atoms with van der Waals surface area (Å²) in [4.78, 5) is 15.6. The Labute approximate surface area is 193 Å². The number of hydrogen-bond acceptors (Lipinski definition) is 1. The van der Waals surface area contributed by atoms with E-state index in [9.17, 15) is 4.79 Å². The van der Waals surface area contributed by atoms with E-state index in [0.29, 0.717) is 0 Å². The number of rotatable bonds is 3. The van der Waals surface area contributed by atoms with Crippen LogP contribution in [0, 0.1) is 13.8 Å². The zero-order chi connectivity index (χ0) is 22.5. The number of para-hydroxylation sites is 1. The Morgan fingerprint density at radius 1 is 0.606 bits per heavy atom. The average molecular weight is 426 g/mol. The van der Waals surface area contributed by atoms with Crippen molar-refractivity contribution < 1.29 is 4.79 Å². The summed E-state index contributed by atoms with van der Waals surface area (Å²) in [6.07, 6.45) is 0. The first-order valence-electron chi connectivity index (χ1n) is 11.2. The molecule has 1 aliphatic heterocycles. The van der Waals surface area contributed by atoms with Crippen LogP contribution in [0.5, 0.6) is 0 Å². The minimum atomic E-state index is 0.0251. The number of carbonyl (C=O) groups excluding carboxylic acids is 1. The minimum absolute atomic E-state index is 0.0251. The maximum absolute atomic E-state index is 13.8. The molecule has 5 aromatic carbocycles. The van der Waals surface area contributed by atoms with E-state index in [1.54, 1.807) is 0 Å². The Balaban J connectivity index is 1.72. The molecule has 5 aromatic rings. The Hall–Kier alpha value is -4.17. The molecule has 1 heterocycles. The first-order chi connectivity index (χ1) is 16.1. The molecular weight excluding hydrogens is 402 g/mol. The van der Waals surface area contributed by atoms with Gasteiger partial charge in [-0.25, -0.2) is 0 Å². The van der Waals surface area contributed by atoms with Crippen LogP contribution >= 0.6 is 0 Å². The van der Waals surface area contributed by atoms with Gasteiger partial charge >= 0.3 is 0 Å². The molecular formula is C31H23NO. The third kappa shape index (κ3) is 3.07. The van der Waals surface area contributed by atoms with E-state index >= 15 is 0 Å². The summed E-state index contributed by atoms with van der Waals surface area (Å²) >= 11 is 0. The highest BCUT2D eigenvalue weighted by atomic mass is 16.2. The van der Waals surface area contributed by atoms with Gasteiger partial charge in [0.25, 0.3) is 5.91 Å². The van der Waals surface area contributed by atoms with Crippen LogP contribution in [0.25, 0.3) is 33.0 Å². The summed E-state index contributed by atoms with van der Waals surface area (Å²) in [7, 11) is 0. The Kier molecular flexibility index (Phi) is 4.41. The standard InChI is InChI=1S/C31H23NO/c1-20-9-6-11-22(17-20)26-19-27-30-25(29(26)23-12-7-10-21(2)18-23)15-8-16-28(30)32(31(27)33)24-13-4-3-5-14-24/h3-19H,1-2H3. The van der Waals surface area contributed by atoms with Crippen LogP contribution in [-0.2, 0) is 0 Å². The number of anilines is 2. The molecule has 6 rings (SSSR count). The van der Waals surface area contributed by atoms with Crippen LogP contribution in [0.4, 0.5) is 11.4 Å². The number of carbonyl (C=O) groups is 1. The predicted molar refractivity (Wildman–Crippen MR) is 137 cm³/mol. The predicted octanol–water partition coefficient (Wildman–Crippen LogP) is 8.08. The molecule has 0 bridgehead atoms. The molecule has 0 N–H and O–H groups in total. The fourth-order valence-electron chi connectivity index (χ4n) is 5.04. The van der Waals surface area contributed by atoms with Crippen LogP contribution < -0.4 is 4.90 Å². The van der Waals surface area contributed by atoms with Gasteiger partial charge in [0, 0.05) is 11.1 Å². The highest BCUT2D eigenvalue weighted by molar-refractivity contribution is 6.30. The van der Waals surface area contributed by atoms with Crippen molar-refractivity contribution in [2.75, 3.05) is 4.90 Å². The van der Waals surface area contributed by atoms with Crippen molar-refractivity contribution in [1.29, 1.82) is 0 Å². The molecule has 0 aromatic heterocycles. The molecule has 2 nitrogen and oxygen atoms in total. The molecule has 0 atom stereocenters. The third-order valence-electron chi connectivity index (χ3n) is 6.46. The maximum atomic E-state index is 13.8. The number of benzene rings is 5. The van der Waals surface area contributed by atoms with E-state index in [-0.39, 0.29) is 5.91 Å². The van der Waals surface area contributed by atoms with Gasteiger partial charge in [0.15, 0.2) is 0 Å². The van der Waals surface area contributed by atoms with Gasteiger partial charge in [-0.2, -0.15) is 0 Å². The molecule has 1 aliphatic rings. The van der Waals surface area contributed by atoms with Crippen molar-refractivity contribution in [3.05, 3.63) is 120 Å². The summed E-state index contributed by atoms with van der Waals surface area (Å²) in [6.45, 7) is 4.23. The molecule has 0 radical (unpaired) electrons. The lowest BCUT2D eigenvalue weighted by Crippen LogP contribution is -2.20. The zero-order valence-electron chi connectivity index (χ0n) is 18.7.